The van der Waals surface area contributed by atoms with E-state index in [1.165, 1.54) is 4.90 Å². The topological polar surface area (TPSA) is 60.9 Å². The van der Waals surface area contributed by atoms with Gasteiger partial charge in [0, 0.05) is 25.2 Å². The van der Waals surface area contributed by atoms with E-state index in [2.05, 4.69) is 0 Å². The molecule has 1 aromatic carbocycles. The van der Waals surface area contributed by atoms with Crippen LogP contribution in [0.4, 0.5) is 10.5 Å². The predicted molar refractivity (Wildman–Crippen MR) is 74.8 cm³/mol. The first-order chi connectivity index (χ1) is 9.68. The van der Waals surface area contributed by atoms with Crippen molar-refractivity contribution in [1.29, 1.82) is 0 Å². The fraction of sp³-hybridized carbons (Fsp3) is 0.333. The molecule has 0 fully saturated rings. The van der Waals surface area contributed by atoms with Crippen LogP contribution < -0.4 is 4.90 Å². The lowest BCUT2D eigenvalue weighted by atomic mass is 10.1. The maximum atomic E-state index is 12.6. The molecule has 0 spiro atoms. The van der Waals surface area contributed by atoms with E-state index in [4.69, 9.17) is 0 Å². The van der Waals surface area contributed by atoms with Crippen LogP contribution in [0, 0.1) is 0 Å². The molecular formula is C15H16N2O3. The van der Waals surface area contributed by atoms with Gasteiger partial charge in [-0.1, -0.05) is 30.4 Å². The van der Waals surface area contributed by atoms with Crippen molar-refractivity contribution in [3.8, 4) is 0 Å². The second-order valence-electron chi connectivity index (χ2n) is 5.05. The van der Waals surface area contributed by atoms with Gasteiger partial charge < -0.3 is 10.0 Å². The Kier molecular flexibility index (Phi) is 3.18. The molecule has 0 bridgehead atoms. The number of carbonyl (C=O) groups excluding carboxylic acids is 1. The summed E-state index contributed by atoms with van der Waals surface area (Å²) in [5.41, 5.74) is 1.64. The van der Waals surface area contributed by atoms with Gasteiger partial charge in [-0.15, -0.1) is 0 Å². The number of amides is 2. The molecule has 5 heteroatoms. The smallest absolute Gasteiger partial charge is 0.327 e. The summed E-state index contributed by atoms with van der Waals surface area (Å²) in [4.78, 5) is 27.2. The van der Waals surface area contributed by atoms with Crippen molar-refractivity contribution in [3.63, 3.8) is 0 Å². The van der Waals surface area contributed by atoms with E-state index in [1.807, 2.05) is 36.4 Å². The van der Waals surface area contributed by atoms with E-state index >= 15 is 0 Å². The maximum Gasteiger partial charge on any atom is 0.327 e. The number of hydrogen-bond acceptors (Lipinski definition) is 2. The van der Waals surface area contributed by atoms with Crippen molar-refractivity contribution in [2.75, 3.05) is 18.0 Å². The Balaban J connectivity index is 1.93. The van der Waals surface area contributed by atoms with Crippen LogP contribution in [-0.4, -0.2) is 41.1 Å². The zero-order valence-electron chi connectivity index (χ0n) is 11.0. The number of fused-ring (bicyclic) bond motifs is 1. The number of hydrogen-bond donors (Lipinski definition) is 1. The van der Waals surface area contributed by atoms with Crippen molar-refractivity contribution in [2.45, 2.75) is 18.9 Å². The third-order valence-electron chi connectivity index (χ3n) is 3.80. The molecule has 1 atom stereocenters. The van der Waals surface area contributed by atoms with Crippen molar-refractivity contribution >= 4 is 17.7 Å². The summed E-state index contributed by atoms with van der Waals surface area (Å²) >= 11 is 0. The minimum absolute atomic E-state index is 0.216. The van der Waals surface area contributed by atoms with Gasteiger partial charge in [-0.25, -0.2) is 9.59 Å². The van der Waals surface area contributed by atoms with Gasteiger partial charge in [-0.3, -0.25) is 4.90 Å². The number of urea groups is 1. The highest BCUT2D eigenvalue weighted by Gasteiger charge is 2.39. The molecule has 5 nitrogen and oxygen atoms in total. The van der Waals surface area contributed by atoms with Gasteiger partial charge in [0.25, 0.3) is 0 Å². The van der Waals surface area contributed by atoms with E-state index in [0.717, 1.165) is 17.7 Å². The third-order valence-corrected chi connectivity index (χ3v) is 3.80. The Hall–Kier alpha value is -2.30. The lowest BCUT2D eigenvalue weighted by Crippen LogP contribution is -2.50. The molecule has 0 saturated carbocycles. The van der Waals surface area contributed by atoms with E-state index in [0.29, 0.717) is 19.5 Å². The third kappa shape index (κ3) is 2.05. The number of carbonyl (C=O) groups is 2. The van der Waals surface area contributed by atoms with Crippen molar-refractivity contribution < 1.29 is 14.7 Å². The highest BCUT2D eigenvalue weighted by atomic mass is 16.4. The monoisotopic (exact) mass is 272 g/mol. The van der Waals surface area contributed by atoms with E-state index in [1.54, 1.807) is 4.90 Å². The fourth-order valence-electron chi connectivity index (χ4n) is 2.79. The van der Waals surface area contributed by atoms with E-state index in [-0.39, 0.29) is 6.03 Å². The molecule has 0 saturated heterocycles. The Morgan fingerprint density at radius 1 is 1.20 bits per heavy atom. The number of rotatable bonds is 1. The standard InChI is InChI=1S/C15H16N2O3/c18-14(19)13-10-11-6-2-3-7-12(11)17(13)15(20)16-8-4-1-5-9-16/h1-4,6-7,13H,5,8-10H2,(H,18,19)/t13-/m0/s1. The second-order valence-corrected chi connectivity index (χ2v) is 5.05. The van der Waals surface area contributed by atoms with Gasteiger partial charge >= 0.3 is 12.0 Å². The van der Waals surface area contributed by atoms with Crippen molar-refractivity contribution in [2.24, 2.45) is 0 Å². The van der Waals surface area contributed by atoms with Gasteiger partial charge in [-0.05, 0) is 18.1 Å². The van der Waals surface area contributed by atoms with Crippen molar-refractivity contribution in [1.82, 2.24) is 4.90 Å². The molecule has 3 rings (SSSR count). The normalized spacial score (nSPS) is 20.9. The average Bonchev–Trinajstić information content (AvgIpc) is 2.87. The predicted octanol–water partition coefficient (Wildman–Crippen LogP) is 1.88. The first-order valence-electron chi connectivity index (χ1n) is 6.72. The Labute approximate surface area is 117 Å². The lowest BCUT2D eigenvalue weighted by molar-refractivity contribution is -0.138. The minimum atomic E-state index is -0.956. The molecule has 0 unspecified atom stereocenters. The van der Waals surface area contributed by atoms with Crippen LogP contribution in [0.25, 0.3) is 0 Å². The van der Waals surface area contributed by atoms with Gasteiger partial charge in [0.1, 0.15) is 6.04 Å². The molecule has 2 heterocycles. The number of benzene rings is 1. The quantitative estimate of drug-likeness (QED) is 0.794. The van der Waals surface area contributed by atoms with Crippen LogP contribution in [0.15, 0.2) is 36.4 Å². The van der Waals surface area contributed by atoms with Crippen LogP contribution >= 0.6 is 0 Å². The summed E-state index contributed by atoms with van der Waals surface area (Å²) in [6, 6.07) is 6.39. The molecule has 1 aromatic rings. The number of carboxylic acids is 1. The summed E-state index contributed by atoms with van der Waals surface area (Å²) in [6.07, 6.45) is 5.18. The molecule has 1 N–H and O–H groups in total. The molecule has 20 heavy (non-hydrogen) atoms. The zero-order valence-corrected chi connectivity index (χ0v) is 11.0. The van der Waals surface area contributed by atoms with Crippen LogP contribution in [0.3, 0.4) is 0 Å². The molecule has 104 valence electrons. The second kappa shape index (κ2) is 5.00. The summed E-state index contributed by atoms with van der Waals surface area (Å²) in [6.45, 7) is 1.18. The molecule has 0 radical (unpaired) electrons. The molecule has 0 aromatic heterocycles. The minimum Gasteiger partial charge on any atom is -0.480 e. The molecule has 2 amide bonds. The Morgan fingerprint density at radius 2 is 2.00 bits per heavy atom. The lowest BCUT2D eigenvalue weighted by Gasteiger charge is -2.31. The number of aliphatic carboxylic acids is 1. The summed E-state index contributed by atoms with van der Waals surface area (Å²) in [5, 5.41) is 9.38. The maximum absolute atomic E-state index is 12.6. The largest absolute Gasteiger partial charge is 0.480 e. The number of carboxylic acid groups (broad SMARTS) is 1. The summed E-state index contributed by atoms with van der Waals surface area (Å²) in [7, 11) is 0. The summed E-state index contributed by atoms with van der Waals surface area (Å²) < 4.78 is 0. The molecule has 0 aliphatic carbocycles. The molecular weight excluding hydrogens is 256 g/mol. The zero-order chi connectivity index (χ0) is 14.1. The van der Waals surface area contributed by atoms with Gasteiger partial charge in [0.15, 0.2) is 0 Å². The van der Waals surface area contributed by atoms with Gasteiger partial charge in [0.2, 0.25) is 0 Å². The highest BCUT2D eigenvalue weighted by Crippen LogP contribution is 2.33. The SMILES string of the molecule is O=C(O)[C@@H]1Cc2ccccc2N1C(=O)N1CC=CCC1. The molecule has 2 aliphatic rings. The van der Waals surface area contributed by atoms with Crippen LogP contribution in [0.1, 0.15) is 12.0 Å². The van der Waals surface area contributed by atoms with Crippen molar-refractivity contribution in [3.05, 3.63) is 42.0 Å². The van der Waals surface area contributed by atoms with Crippen LogP contribution in [-0.2, 0) is 11.2 Å². The van der Waals surface area contributed by atoms with Gasteiger partial charge in [0.05, 0.1) is 0 Å². The highest BCUT2D eigenvalue weighted by molar-refractivity contribution is 6.01. The Morgan fingerprint density at radius 3 is 2.70 bits per heavy atom. The number of nitrogens with zero attached hydrogens (tertiary/aromatic N) is 2. The number of para-hydroxylation sites is 1. The van der Waals surface area contributed by atoms with E-state index < -0.39 is 12.0 Å². The van der Waals surface area contributed by atoms with E-state index in [9.17, 15) is 14.7 Å². The van der Waals surface area contributed by atoms with Crippen LogP contribution in [0.5, 0.6) is 0 Å². The fourth-order valence-corrected chi connectivity index (χ4v) is 2.79. The first kappa shape index (κ1) is 12.7. The summed E-state index contributed by atoms with van der Waals surface area (Å²) in [5.74, 6) is -0.956. The number of anilines is 1. The Bertz CT molecular complexity index is 582. The average molecular weight is 272 g/mol. The molecule has 2 aliphatic heterocycles. The first-order valence-corrected chi connectivity index (χ1v) is 6.72. The van der Waals surface area contributed by atoms with Crippen LogP contribution in [0.2, 0.25) is 0 Å². The van der Waals surface area contributed by atoms with Gasteiger partial charge in [-0.2, -0.15) is 0 Å².